The molecular weight excluding hydrogens is 174 g/mol. The van der Waals surface area contributed by atoms with Gasteiger partial charge in [-0.15, -0.1) is 0 Å². The molecule has 1 aromatic carbocycles. The fourth-order valence-electron chi connectivity index (χ4n) is 1.35. The average molecular weight is 187 g/mol. The molecule has 0 amide bonds. The maximum atomic E-state index is 8.60. The summed E-state index contributed by atoms with van der Waals surface area (Å²) in [4.78, 5) is 0. The maximum Gasteiger partial charge on any atom is 0.0713 e. The lowest BCUT2D eigenvalue weighted by molar-refractivity contribution is 0.185. The Hall–Kier alpha value is -1.59. The molecule has 14 heavy (non-hydrogen) atoms. The predicted octanol–water partition coefficient (Wildman–Crippen LogP) is 2.54. The highest BCUT2D eigenvalue weighted by Crippen LogP contribution is 2.12. The minimum atomic E-state index is 0.429. The molecule has 0 aliphatic carbocycles. The van der Waals surface area contributed by atoms with Crippen molar-refractivity contribution < 1.29 is 4.74 Å². The van der Waals surface area contributed by atoms with Gasteiger partial charge in [-0.2, -0.15) is 5.26 Å². The highest BCUT2D eigenvalue weighted by molar-refractivity contribution is 5.50. The summed E-state index contributed by atoms with van der Waals surface area (Å²) in [6, 6.07) is 8.09. The SMILES string of the molecule is C=Cc1cc(CC#N)cc(COC)c1. The quantitative estimate of drug-likeness (QED) is 0.725. The predicted molar refractivity (Wildman–Crippen MR) is 56.6 cm³/mol. The van der Waals surface area contributed by atoms with Gasteiger partial charge >= 0.3 is 0 Å². The number of nitriles is 1. The maximum absolute atomic E-state index is 8.60. The molecule has 0 aromatic heterocycles. The van der Waals surface area contributed by atoms with Crippen LogP contribution in [0.15, 0.2) is 24.8 Å². The summed E-state index contributed by atoms with van der Waals surface area (Å²) >= 11 is 0. The van der Waals surface area contributed by atoms with Crippen molar-refractivity contribution in [3.8, 4) is 6.07 Å². The highest BCUT2D eigenvalue weighted by atomic mass is 16.5. The van der Waals surface area contributed by atoms with Gasteiger partial charge in [0.2, 0.25) is 0 Å². The topological polar surface area (TPSA) is 33.0 Å². The van der Waals surface area contributed by atoms with Crippen molar-refractivity contribution in [1.29, 1.82) is 5.26 Å². The summed E-state index contributed by atoms with van der Waals surface area (Å²) < 4.78 is 5.04. The number of methoxy groups -OCH3 is 1. The number of hydrogen-bond donors (Lipinski definition) is 0. The van der Waals surface area contributed by atoms with Crippen molar-refractivity contribution >= 4 is 6.08 Å². The molecule has 0 aliphatic rings. The minimum absolute atomic E-state index is 0.429. The molecule has 0 spiro atoms. The van der Waals surface area contributed by atoms with E-state index in [-0.39, 0.29) is 0 Å². The number of hydrogen-bond acceptors (Lipinski definition) is 2. The van der Waals surface area contributed by atoms with Crippen LogP contribution in [-0.4, -0.2) is 7.11 Å². The van der Waals surface area contributed by atoms with Crippen LogP contribution in [0.3, 0.4) is 0 Å². The van der Waals surface area contributed by atoms with Gasteiger partial charge in [0.1, 0.15) is 0 Å². The van der Waals surface area contributed by atoms with E-state index in [1.54, 1.807) is 13.2 Å². The molecule has 0 N–H and O–H groups in total. The first-order chi connectivity index (χ1) is 6.80. The smallest absolute Gasteiger partial charge is 0.0713 e. The summed E-state index contributed by atoms with van der Waals surface area (Å²) in [7, 11) is 1.66. The van der Waals surface area contributed by atoms with Crippen molar-refractivity contribution in [3.63, 3.8) is 0 Å². The zero-order valence-corrected chi connectivity index (χ0v) is 8.29. The van der Waals surface area contributed by atoms with Crippen LogP contribution in [0.1, 0.15) is 16.7 Å². The average Bonchev–Trinajstić information content (AvgIpc) is 2.18. The molecule has 2 nitrogen and oxygen atoms in total. The summed E-state index contributed by atoms with van der Waals surface area (Å²) in [6.07, 6.45) is 2.21. The fraction of sp³-hybridized carbons (Fsp3) is 0.250. The van der Waals surface area contributed by atoms with Gasteiger partial charge in [-0.3, -0.25) is 0 Å². The van der Waals surface area contributed by atoms with Gasteiger partial charge in [0.25, 0.3) is 0 Å². The fourth-order valence-corrected chi connectivity index (χ4v) is 1.35. The Balaban J connectivity index is 3.01. The van der Waals surface area contributed by atoms with Crippen LogP contribution in [0, 0.1) is 11.3 Å². The molecular formula is C12H13NO. The molecule has 1 aromatic rings. The zero-order valence-electron chi connectivity index (χ0n) is 8.29. The number of ether oxygens (including phenoxy) is 1. The van der Waals surface area contributed by atoms with Crippen LogP contribution in [0.4, 0.5) is 0 Å². The Labute approximate surface area is 84.4 Å². The lowest BCUT2D eigenvalue weighted by Gasteiger charge is -2.04. The number of rotatable bonds is 4. The van der Waals surface area contributed by atoms with E-state index >= 15 is 0 Å². The summed E-state index contributed by atoms with van der Waals surface area (Å²) in [5.41, 5.74) is 3.12. The third kappa shape index (κ3) is 2.72. The lowest BCUT2D eigenvalue weighted by Crippen LogP contribution is -1.92. The van der Waals surface area contributed by atoms with E-state index < -0.39 is 0 Å². The molecule has 0 heterocycles. The Morgan fingerprint density at radius 3 is 2.71 bits per heavy atom. The Bertz CT molecular complexity index is 363. The number of benzene rings is 1. The summed E-state index contributed by atoms with van der Waals surface area (Å²) in [6.45, 7) is 4.28. The van der Waals surface area contributed by atoms with E-state index in [0.717, 1.165) is 16.7 Å². The van der Waals surface area contributed by atoms with Crippen molar-refractivity contribution in [1.82, 2.24) is 0 Å². The third-order valence-corrected chi connectivity index (χ3v) is 1.90. The van der Waals surface area contributed by atoms with E-state index in [1.165, 1.54) is 0 Å². The van der Waals surface area contributed by atoms with Gasteiger partial charge in [0.05, 0.1) is 19.1 Å². The van der Waals surface area contributed by atoms with E-state index in [1.807, 2.05) is 18.2 Å². The second kappa shape index (κ2) is 5.21. The summed E-state index contributed by atoms with van der Waals surface area (Å²) in [5.74, 6) is 0. The largest absolute Gasteiger partial charge is 0.380 e. The van der Waals surface area contributed by atoms with Crippen LogP contribution in [-0.2, 0) is 17.8 Å². The molecule has 0 atom stereocenters. The van der Waals surface area contributed by atoms with Gasteiger partial charge < -0.3 is 4.74 Å². The van der Waals surface area contributed by atoms with E-state index in [9.17, 15) is 0 Å². The van der Waals surface area contributed by atoms with Crippen molar-refractivity contribution in [3.05, 3.63) is 41.5 Å². The van der Waals surface area contributed by atoms with Gasteiger partial charge in [-0.1, -0.05) is 24.8 Å². The molecule has 1 rings (SSSR count). The molecule has 0 radical (unpaired) electrons. The van der Waals surface area contributed by atoms with Gasteiger partial charge in [0.15, 0.2) is 0 Å². The number of nitrogens with zero attached hydrogens (tertiary/aromatic N) is 1. The molecule has 72 valence electrons. The first-order valence-corrected chi connectivity index (χ1v) is 4.41. The van der Waals surface area contributed by atoms with Crippen LogP contribution >= 0.6 is 0 Å². The Morgan fingerprint density at radius 2 is 2.14 bits per heavy atom. The first-order valence-electron chi connectivity index (χ1n) is 4.41. The Morgan fingerprint density at radius 1 is 1.43 bits per heavy atom. The molecule has 0 saturated carbocycles. The molecule has 0 fully saturated rings. The normalized spacial score (nSPS) is 9.43. The van der Waals surface area contributed by atoms with Crippen LogP contribution in [0.5, 0.6) is 0 Å². The molecule has 0 saturated heterocycles. The van der Waals surface area contributed by atoms with Crippen LogP contribution < -0.4 is 0 Å². The molecule has 0 bridgehead atoms. The van der Waals surface area contributed by atoms with E-state index in [2.05, 4.69) is 12.6 Å². The second-order valence-electron chi connectivity index (χ2n) is 3.05. The standard InChI is InChI=1S/C12H13NO/c1-3-10-6-11(4-5-13)8-12(7-10)9-14-2/h3,6-8H,1,4,9H2,2H3. The zero-order chi connectivity index (χ0) is 10.4. The van der Waals surface area contributed by atoms with Crippen molar-refractivity contribution in [2.24, 2.45) is 0 Å². The van der Waals surface area contributed by atoms with Gasteiger partial charge in [-0.25, -0.2) is 0 Å². The van der Waals surface area contributed by atoms with Gasteiger partial charge in [-0.05, 0) is 22.8 Å². The summed E-state index contributed by atoms with van der Waals surface area (Å²) in [5, 5.41) is 8.60. The van der Waals surface area contributed by atoms with Crippen molar-refractivity contribution in [2.45, 2.75) is 13.0 Å². The monoisotopic (exact) mass is 187 g/mol. The molecule has 2 heteroatoms. The highest BCUT2D eigenvalue weighted by Gasteiger charge is 1.98. The van der Waals surface area contributed by atoms with E-state index in [0.29, 0.717) is 13.0 Å². The molecule has 0 aliphatic heterocycles. The first kappa shape index (κ1) is 10.5. The van der Waals surface area contributed by atoms with Gasteiger partial charge in [0, 0.05) is 7.11 Å². The van der Waals surface area contributed by atoms with Crippen LogP contribution in [0.2, 0.25) is 0 Å². The molecule has 0 unspecified atom stereocenters. The minimum Gasteiger partial charge on any atom is -0.380 e. The van der Waals surface area contributed by atoms with E-state index in [4.69, 9.17) is 10.00 Å². The second-order valence-corrected chi connectivity index (χ2v) is 3.05. The third-order valence-electron chi connectivity index (χ3n) is 1.90. The Kier molecular flexibility index (Phi) is 3.90. The lowest BCUT2D eigenvalue weighted by atomic mass is 10.0. The van der Waals surface area contributed by atoms with Crippen molar-refractivity contribution in [2.75, 3.05) is 7.11 Å². The van der Waals surface area contributed by atoms with Crippen LogP contribution in [0.25, 0.3) is 6.08 Å².